The average molecular weight is 218 g/mol. The van der Waals surface area contributed by atoms with Crippen LogP contribution >= 0.6 is 0 Å². The van der Waals surface area contributed by atoms with Gasteiger partial charge in [-0.25, -0.2) is 0 Å². The van der Waals surface area contributed by atoms with Crippen LogP contribution in [0.4, 0.5) is 0 Å². The first-order chi connectivity index (χ1) is 6.54. The molecule has 0 radical (unpaired) electrons. The van der Waals surface area contributed by atoms with E-state index >= 15 is 0 Å². The van der Waals surface area contributed by atoms with E-state index in [2.05, 4.69) is 0 Å². The summed E-state index contributed by atoms with van der Waals surface area (Å²) in [6, 6.07) is 0. The van der Waals surface area contributed by atoms with E-state index in [9.17, 15) is 9.00 Å². The Bertz CT molecular complexity index is 245. The highest BCUT2D eigenvalue weighted by atomic mass is 32.2. The van der Waals surface area contributed by atoms with Gasteiger partial charge in [0, 0.05) is 41.8 Å². The molecule has 1 heterocycles. The lowest BCUT2D eigenvalue weighted by Crippen LogP contribution is -2.34. The highest BCUT2D eigenvalue weighted by Crippen LogP contribution is 2.17. The first kappa shape index (κ1) is 11.7. The fourth-order valence-electron chi connectivity index (χ4n) is 1.60. The van der Waals surface area contributed by atoms with Crippen molar-refractivity contribution in [1.82, 2.24) is 4.90 Å². The zero-order valence-corrected chi connectivity index (χ0v) is 9.55. The SMILES string of the molecule is CC(CN1CC(CN)CC1=O)S(C)=O. The molecule has 0 aromatic carbocycles. The molecule has 1 saturated heterocycles. The van der Waals surface area contributed by atoms with Crippen LogP contribution in [-0.4, -0.2) is 46.2 Å². The van der Waals surface area contributed by atoms with Gasteiger partial charge in [-0.15, -0.1) is 0 Å². The summed E-state index contributed by atoms with van der Waals surface area (Å²) in [6.45, 7) is 3.79. The Morgan fingerprint density at radius 3 is 2.79 bits per heavy atom. The van der Waals surface area contributed by atoms with Gasteiger partial charge in [0.05, 0.1) is 0 Å². The number of carbonyl (C=O) groups is 1. The fraction of sp³-hybridized carbons (Fsp3) is 0.889. The van der Waals surface area contributed by atoms with Crippen molar-refractivity contribution in [1.29, 1.82) is 0 Å². The number of carbonyl (C=O) groups excluding carboxylic acids is 1. The Balaban J connectivity index is 2.46. The van der Waals surface area contributed by atoms with Crippen LogP contribution in [0.1, 0.15) is 13.3 Å². The second-order valence-electron chi connectivity index (χ2n) is 3.91. The quantitative estimate of drug-likeness (QED) is 0.696. The molecule has 2 N–H and O–H groups in total. The first-order valence-electron chi connectivity index (χ1n) is 4.84. The number of hydrogen-bond acceptors (Lipinski definition) is 3. The van der Waals surface area contributed by atoms with Gasteiger partial charge in [0.25, 0.3) is 0 Å². The molecule has 14 heavy (non-hydrogen) atoms. The standard InChI is InChI=1S/C9H18N2O2S/c1-7(14(2)13)5-11-6-8(4-10)3-9(11)12/h7-8H,3-6,10H2,1-2H3. The van der Waals surface area contributed by atoms with E-state index in [1.54, 1.807) is 11.2 Å². The van der Waals surface area contributed by atoms with E-state index in [0.29, 0.717) is 25.4 Å². The van der Waals surface area contributed by atoms with Crippen LogP contribution in [-0.2, 0) is 15.6 Å². The van der Waals surface area contributed by atoms with Crippen molar-refractivity contribution >= 4 is 16.7 Å². The topological polar surface area (TPSA) is 63.4 Å². The van der Waals surface area contributed by atoms with Crippen LogP contribution in [0.5, 0.6) is 0 Å². The first-order valence-corrected chi connectivity index (χ1v) is 6.46. The molecule has 0 bridgehead atoms. The van der Waals surface area contributed by atoms with Crippen molar-refractivity contribution in [3.05, 3.63) is 0 Å². The Morgan fingerprint density at radius 1 is 1.71 bits per heavy atom. The molecule has 1 aliphatic heterocycles. The Morgan fingerprint density at radius 2 is 2.36 bits per heavy atom. The van der Waals surface area contributed by atoms with Crippen LogP contribution in [0.3, 0.4) is 0 Å². The highest BCUT2D eigenvalue weighted by molar-refractivity contribution is 7.84. The molecule has 4 nitrogen and oxygen atoms in total. The normalized spacial score (nSPS) is 26.6. The Hall–Kier alpha value is -0.420. The minimum absolute atomic E-state index is 0.0514. The van der Waals surface area contributed by atoms with Gasteiger partial charge < -0.3 is 10.6 Å². The summed E-state index contributed by atoms with van der Waals surface area (Å²) < 4.78 is 11.1. The summed E-state index contributed by atoms with van der Waals surface area (Å²) in [5.41, 5.74) is 5.51. The molecule has 1 amide bonds. The lowest BCUT2D eigenvalue weighted by atomic mass is 10.1. The zero-order valence-electron chi connectivity index (χ0n) is 8.73. The van der Waals surface area contributed by atoms with Crippen LogP contribution < -0.4 is 5.73 Å². The molecule has 0 aliphatic carbocycles. The summed E-state index contributed by atoms with van der Waals surface area (Å²) in [4.78, 5) is 13.3. The third-order valence-electron chi connectivity index (χ3n) is 2.67. The molecule has 0 aromatic heterocycles. The van der Waals surface area contributed by atoms with Crippen molar-refractivity contribution in [2.45, 2.75) is 18.6 Å². The minimum Gasteiger partial charge on any atom is -0.341 e. The minimum atomic E-state index is -0.860. The lowest BCUT2D eigenvalue weighted by Gasteiger charge is -2.19. The number of nitrogens with two attached hydrogens (primary N) is 1. The number of rotatable bonds is 4. The Kier molecular flexibility index (Phi) is 4.07. The third kappa shape index (κ3) is 2.78. The maximum Gasteiger partial charge on any atom is 0.223 e. The summed E-state index contributed by atoms with van der Waals surface area (Å²) in [5.74, 6) is 0.442. The molecular formula is C9H18N2O2S. The van der Waals surface area contributed by atoms with Gasteiger partial charge in [0.2, 0.25) is 5.91 Å². The second-order valence-corrected chi connectivity index (χ2v) is 5.72. The molecule has 5 heteroatoms. The average Bonchev–Trinajstić information content (AvgIpc) is 2.47. The van der Waals surface area contributed by atoms with Crippen molar-refractivity contribution in [3.8, 4) is 0 Å². The van der Waals surface area contributed by atoms with E-state index in [0.717, 1.165) is 6.54 Å². The smallest absolute Gasteiger partial charge is 0.223 e. The molecule has 3 unspecified atom stereocenters. The van der Waals surface area contributed by atoms with E-state index < -0.39 is 10.8 Å². The van der Waals surface area contributed by atoms with Crippen molar-refractivity contribution in [3.63, 3.8) is 0 Å². The van der Waals surface area contributed by atoms with E-state index in [1.165, 1.54) is 0 Å². The Labute approximate surface area is 87.3 Å². The van der Waals surface area contributed by atoms with Gasteiger partial charge in [0.1, 0.15) is 0 Å². The van der Waals surface area contributed by atoms with Gasteiger partial charge in [-0.2, -0.15) is 0 Å². The molecule has 0 aromatic rings. The molecule has 1 rings (SSSR count). The predicted octanol–water partition coefficient (Wildman–Crippen LogP) is -0.439. The number of nitrogens with zero attached hydrogens (tertiary/aromatic N) is 1. The van der Waals surface area contributed by atoms with Crippen LogP contribution in [0, 0.1) is 5.92 Å². The molecular weight excluding hydrogens is 200 g/mol. The van der Waals surface area contributed by atoms with Gasteiger partial charge in [-0.05, 0) is 19.4 Å². The van der Waals surface area contributed by atoms with Gasteiger partial charge in [-0.3, -0.25) is 9.00 Å². The number of hydrogen-bond donors (Lipinski definition) is 1. The fourth-order valence-corrected chi connectivity index (χ4v) is 1.99. The summed E-state index contributed by atoms with van der Waals surface area (Å²) in [6.07, 6.45) is 2.23. The molecule has 0 saturated carbocycles. The van der Waals surface area contributed by atoms with Crippen molar-refractivity contribution in [2.24, 2.45) is 11.7 Å². The maximum absolute atomic E-state index is 11.5. The number of likely N-dealkylation sites (tertiary alicyclic amines) is 1. The number of amides is 1. The van der Waals surface area contributed by atoms with E-state index in [4.69, 9.17) is 5.73 Å². The van der Waals surface area contributed by atoms with Gasteiger partial charge >= 0.3 is 0 Å². The van der Waals surface area contributed by atoms with Gasteiger partial charge in [-0.1, -0.05) is 0 Å². The molecule has 1 aliphatic rings. The van der Waals surface area contributed by atoms with E-state index in [1.807, 2.05) is 6.92 Å². The summed E-state index contributed by atoms with van der Waals surface area (Å²) in [7, 11) is -0.860. The largest absolute Gasteiger partial charge is 0.341 e. The summed E-state index contributed by atoms with van der Waals surface area (Å²) >= 11 is 0. The van der Waals surface area contributed by atoms with Crippen LogP contribution in [0.15, 0.2) is 0 Å². The van der Waals surface area contributed by atoms with Crippen LogP contribution in [0.2, 0.25) is 0 Å². The third-order valence-corrected chi connectivity index (χ3v) is 3.95. The zero-order chi connectivity index (χ0) is 10.7. The predicted molar refractivity (Wildman–Crippen MR) is 57.3 cm³/mol. The van der Waals surface area contributed by atoms with Crippen LogP contribution in [0.25, 0.3) is 0 Å². The van der Waals surface area contributed by atoms with Gasteiger partial charge in [0.15, 0.2) is 0 Å². The summed E-state index contributed by atoms with van der Waals surface area (Å²) in [5, 5.41) is 0.0514. The highest BCUT2D eigenvalue weighted by Gasteiger charge is 2.29. The second kappa shape index (κ2) is 4.89. The lowest BCUT2D eigenvalue weighted by molar-refractivity contribution is -0.127. The van der Waals surface area contributed by atoms with Crippen molar-refractivity contribution in [2.75, 3.05) is 25.9 Å². The van der Waals surface area contributed by atoms with E-state index in [-0.39, 0.29) is 11.2 Å². The molecule has 3 atom stereocenters. The monoisotopic (exact) mass is 218 g/mol. The molecule has 82 valence electrons. The maximum atomic E-state index is 11.5. The molecule has 1 fully saturated rings. The van der Waals surface area contributed by atoms with Crippen molar-refractivity contribution < 1.29 is 9.00 Å². The molecule has 0 spiro atoms.